The van der Waals surface area contributed by atoms with E-state index in [1.54, 1.807) is 0 Å². The summed E-state index contributed by atoms with van der Waals surface area (Å²) < 4.78 is 191. The van der Waals surface area contributed by atoms with E-state index in [4.69, 9.17) is 102 Å². The molecule has 0 aromatic carbocycles. The highest BCUT2D eigenvalue weighted by Crippen LogP contribution is 2.48. The van der Waals surface area contributed by atoms with Crippen molar-refractivity contribution in [2.75, 3.05) is 172 Å². The van der Waals surface area contributed by atoms with Crippen molar-refractivity contribution in [3.63, 3.8) is 0 Å². The first-order valence-electron chi connectivity index (χ1n) is 36.4. The van der Waals surface area contributed by atoms with Gasteiger partial charge in [-0.3, -0.25) is 64.2 Å². The minimum atomic E-state index is -5.00. The van der Waals surface area contributed by atoms with Gasteiger partial charge in [0.05, 0.1) is 151 Å². The summed E-state index contributed by atoms with van der Waals surface area (Å²) in [5.41, 5.74) is -1.21. The molecule has 0 aromatic heterocycles. The highest BCUT2D eigenvalue weighted by atomic mass is 31.2. The second-order valence-electron chi connectivity index (χ2n) is 27.2. The second-order valence-corrected chi connectivity index (χ2v) is 35.9. The van der Waals surface area contributed by atoms with E-state index in [1.807, 2.05) is 20.8 Å². The summed E-state index contributed by atoms with van der Waals surface area (Å²) >= 11 is 0. The van der Waals surface area contributed by atoms with E-state index in [9.17, 15) is 117 Å². The molecule has 3 amide bonds. The molecule has 6 unspecified atom stereocenters. The Morgan fingerprint density at radius 3 is 0.800 bits per heavy atom. The maximum atomic E-state index is 12.8. The van der Waals surface area contributed by atoms with Crippen LogP contribution in [0, 0.1) is 10.8 Å². The van der Waals surface area contributed by atoms with E-state index in [0.29, 0.717) is 6.42 Å². The van der Waals surface area contributed by atoms with Crippen molar-refractivity contribution in [2.24, 2.45) is 10.8 Å². The molecule has 0 aromatic rings. The molecule has 0 spiro atoms. The van der Waals surface area contributed by atoms with Gasteiger partial charge < -0.3 is 148 Å². The fourth-order valence-corrected chi connectivity index (χ4v) is 15.0. The number of rotatable bonds is 65. The van der Waals surface area contributed by atoms with Crippen LogP contribution in [0.15, 0.2) is 0 Å². The first-order valence-corrected chi connectivity index (χ1v) is 45.4. The summed E-state index contributed by atoms with van der Waals surface area (Å²) in [5.74, 6) is -1.85. The van der Waals surface area contributed by atoms with Crippen molar-refractivity contribution in [3.8, 4) is 0 Å². The van der Waals surface area contributed by atoms with E-state index in [0.717, 1.165) is 27.2 Å². The molecule has 0 saturated carbocycles. The van der Waals surface area contributed by atoms with Gasteiger partial charge in [0, 0.05) is 47.2 Å². The van der Waals surface area contributed by atoms with Gasteiger partial charge in [0.1, 0.15) is 73.1 Å². The number of phosphoric ester groups is 6. The maximum Gasteiger partial charge on any atom is 0.472 e. The van der Waals surface area contributed by atoms with E-state index >= 15 is 0 Å². The van der Waals surface area contributed by atoms with E-state index < -0.39 is 281 Å². The van der Waals surface area contributed by atoms with Crippen LogP contribution in [0.2, 0.25) is 0 Å². The van der Waals surface area contributed by atoms with Crippen LogP contribution in [0.4, 0.5) is 0 Å². The third-order valence-corrected chi connectivity index (χ3v) is 22.0. The molecule has 0 aliphatic carbocycles. The van der Waals surface area contributed by atoms with Gasteiger partial charge in [-0.05, 0) is 56.8 Å². The lowest BCUT2D eigenvalue weighted by atomic mass is 9.90. The Morgan fingerprint density at radius 2 is 0.557 bits per heavy atom. The monoisotopic (exact) mass is 1800 g/mol. The minimum Gasteiger partial charge on any atom is -0.756 e. The fourth-order valence-electron chi connectivity index (χ4n) is 10.4. The normalized spacial score (nSPS) is 27.9. The zero-order valence-corrected chi connectivity index (χ0v) is 70.1. The third kappa shape index (κ3) is 45.5. The molecule has 0 bridgehead atoms. The zero-order chi connectivity index (χ0) is 86.1. The van der Waals surface area contributed by atoms with Crippen LogP contribution in [0.1, 0.15) is 92.9 Å². The maximum absolute atomic E-state index is 12.8. The van der Waals surface area contributed by atoms with Crippen LogP contribution in [0.25, 0.3) is 0 Å². The molecule has 21 atom stereocenters. The standard InChI is InChI=1S/C60H119N3O46P6/c1-41(67)61-47-53(73)50(70)44(34-64)107-56(47)92-28-31-104-113(82,83)101-25-11-22-98-110(76,77)95-19-8-16-89-38-60(37-88-15-7-14-59(4,5)6,39-90-17-9-20-96-111(78,79)99-23-12-26-102-114(84,85)105-32-29-93-57-48(62-42(2)68)54(74)51(71)45(35-65)108-57)40-91-18-10-21-97-112(80,81)100-24-13-27-103-115(86,87)106-33-30-94-58-49(63-43(3)69)55(75)52(72)46(36-66)109-58/h44-58,64-66,70-75H,7-40H2,1-6H3,(H,61,67)(H,62,68)(H,63,69)(H,76,77)(H,78,79)(H,80,81)(H,82,83)(H,84,85)(H,86,87)/p-1/t44-,45-,46-,47-,48-,49-,50+,51+,52+,53-,54-,55-,56-,57-,58-/m1/s1. The van der Waals surface area contributed by atoms with Crippen molar-refractivity contribution < 1.29 is 219 Å². The average molecular weight is 1800 g/mol. The number of hydrogen-bond donors (Lipinski definition) is 17. The number of phosphoric acid groups is 6. The van der Waals surface area contributed by atoms with Crippen molar-refractivity contribution in [2.45, 2.75) is 185 Å². The fraction of sp³-hybridized carbons (Fsp3) is 0.950. The van der Waals surface area contributed by atoms with Crippen molar-refractivity contribution in [1.29, 1.82) is 0 Å². The molecule has 3 aliphatic rings. The summed E-state index contributed by atoms with van der Waals surface area (Å²) in [7, 11) is -28.7. The predicted octanol–water partition coefficient (Wildman–Crippen LogP) is -2.74. The van der Waals surface area contributed by atoms with Crippen LogP contribution >= 0.6 is 46.9 Å². The van der Waals surface area contributed by atoms with E-state index in [2.05, 4.69) is 16.0 Å². The zero-order valence-electron chi connectivity index (χ0n) is 64.7. The first kappa shape index (κ1) is 107. The number of amides is 3. The lowest BCUT2D eigenvalue weighted by Gasteiger charge is -2.42. The van der Waals surface area contributed by atoms with Crippen LogP contribution in [0.3, 0.4) is 0 Å². The van der Waals surface area contributed by atoms with Gasteiger partial charge in [-0.15, -0.1) is 0 Å². The Kier molecular flexibility index (Phi) is 51.2. The largest absolute Gasteiger partial charge is 0.756 e. The van der Waals surface area contributed by atoms with Gasteiger partial charge in [0.15, 0.2) is 18.9 Å². The Morgan fingerprint density at radius 1 is 0.339 bits per heavy atom. The molecule has 3 saturated heterocycles. The molecule has 3 fully saturated rings. The molecule has 17 N–H and O–H groups in total. The number of hydrogen-bond acceptors (Lipinski definition) is 41. The van der Waals surface area contributed by atoms with Gasteiger partial charge in [-0.2, -0.15) is 0 Å². The molecular weight excluding hydrogens is 1680 g/mol. The molecule has 680 valence electrons. The summed E-state index contributed by atoms with van der Waals surface area (Å²) in [5, 5.41) is 97.4. The van der Waals surface area contributed by atoms with Crippen molar-refractivity contribution in [1.82, 2.24) is 16.0 Å². The summed E-state index contributed by atoms with van der Waals surface area (Å²) in [6.07, 6.45) is -17.1. The quantitative estimate of drug-likeness (QED) is 0.0217. The van der Waals surface area contributed by atoms with Crippen LogP contribution in [0.5, 0.6) is 0 Å². The topological polar surface area (TPSA) is 699 Å². The number of carbonyl (C=O) groups is 3. The predicted molar refractivity (Wildman–Crippen MR) is 384 cm³/mol. The van der Waals surface area contributed by atoms with Crippen LogP contribution in [-0.2, 0) is 143 Å². The molecule has 0 radical (unpaired) electrons. The lowest BCUT2D eigenvalue weighted by molar-refractivity contribution is -0.273. The Labute approximate surface area is 664 Å². The van der Waals surface area contributed by atoms with Gasteiger partial charge in [-0.1, -0.05) is 20.8 Å². The number of ether oxygens (including phenoxy) is 10. The molecule has 3 rings (SSSR count). The Bertz CT molecular complexity index is 2760. The van der Waals surface area contributed by atoms with E-state index in [1.165, 1.54) is 0 Å². The number of nitrogens with one attached hydrogen (secondary N) is 3. The smallest absolute Gasteiger partial charge is 0.472 e. The van der Waals surface area contributed by atoms with Gasteiger partial charge in [-0.25, -0.2) is 22.8 Å². The minimum absolute atomic E-state index is 0.00796. The molecule has 49 nitrogen and oxygen atoms in total. The first-order chi connectivity index (χ1) is 53.9. The van der Waals surface area contributed by atoms with Gasteiger partial charge in [0.25, 0.3) is 7.82 Å². The Hall–Kier alpha value is -1.69. The van der Waals surface area contributed by atoms with Gasteiger partial charge >= 0.3 is 39.1 Å². The molecular formula is C60H118N3O46P6-. The van der Waals surface area contributed by atoms with E-state index in [-0.39, 0.29) is 96.8 Å². The molecule has 3 heterocycles. The Balaban J connectivity index is 1.54. The second kappa shape index (κ2) is 54.8. The highest BCUT2D eigenvalue weighted by Gasteiger charge is 2.48. The molecule has 55 heteroatoms. The summed E-state index contributed by atoms with van der Waals surface area (Å²) in [6.45, 7) is -0.918. The number of carbonyl (C=O) groups excluding carboxylic acids is 3. The highest BCUT2D eigenvalue weighted by molar-refractivity contribution is 7.48. The molecule has 3 aliphatic heterocycles. The number of aliphatic hydroxyl groups excluding tert-OH is 9. The van der Waals surface area contributed by atoms with Crippen LogP contribution < -0.4 is 20.8 Å². The van der Waals surface area contributed by atoms with Crippen molar-refractivity contribution >= 4 is 64.7 Å². The third-order valence-electron chi connectivity index (χ3n) is 15.9. The van der Waals surface area contributed by atoms with Crippen molar-refractivity contribution in [3.05, 3.63) is 0 Å². The van der Waals surface area contributed by atoms with Gasteiger partial charge in [0.2, 0.25) is 17.7 Å². The average Bonchev–Trinajstić information content (AvgIpc) is 0.820. The summed E-state index contributed by atoms with van der Waals surface area (Å²) in [4.78, 5) is 98.7. The lowest BCUT2D eigenvalue weighted by Crippen LogP contribution is -2.64. The summed E-state index contributed by atoms with van der Waals surface area (Å²) in [6, 6.07) is -3.87. The van der Waals surface area contributed by atoms with Crippen LogP contribution in [-0.4, -0.2) is 352 Å². The molecule has 115 heavy (non-hydrogen) atoms. The SMILES string of the molecule is CC(=O)N[C@H]1[C@H](OCCOP(=O)([O-])OCCCOP(=O)(O)OCCCOCC(COCCCOP(=O)(O)OCCCOP(=O)(O)OCCO[C@@H]2O[C@H](CO)[C@H](O)[C@H](O)[C@H]2NC(C)=O)(COCCCOP(=O)(O)OCCCOP(=O)(O)OCCO[C@@H]2O[C@H](CO)[C@H](O)[C@H](O)[C@H]2NC(C)=O)COCCCC(C)(C)C)O[C@H](CO)[C@H](O)[C@@H]1O. The number of aliphatic hydroxyl groups is 9.